The van der Waals surface area contributed by atoms with Crippen molar-refractivity contribution in [3.8, 4) is 0 Å². The Morgan fingerprint density at radius 2 is 1.79 bits per heavy atom. The first kappa shape index (κ1) is 19.3. The van der Waals surface area contributed by atoms with Gasteiger partial charge in [-0.3, -0.25) is 0 Å². The van der Waals surface area contributed by atoms with E-state index < -0.39 is 0 Å². The molecule has 1 aliphatic carbocycles. The van der Waals surface area contributed by atoms with Crippen LogP contribution in [0.25, 0.3) is 0 Å². The Hall–Kier alpha value is -1.04. The molecule has 0 spiro atoms. The van der Waals surface area contributed by atoms with Crippen LogP contribution in [0.5, 0.6) is 0 Å². The lowest BCUT2D eigenvalue weighted by Gasteiger charge is -2.18. The van der Waals surface area contributed by atoms with Gasteiger partial charge < -0.3 is 10.3 Å². The molecule has 0 atom stereocenters. The van der Waals surface area contributed by atoms with Gasteiger partial charge in [-0.1, -0.05) is 50.9 Å². The molecule has 0 saturated heterocycles. The van der Waals surface area contributed by atoms with Crippen LogP contribution in [0.2, 0.25) is 0 Å². The van der Waals surface area contributed by atoms with Crippen LogP contribution < -0.4 is 5.73 Å². The van der Waals surface area contributed by atoms with E-state index in [0.29, 0.717) is 17.5 Å². The lowest BCUT2D eigenvalue weighted by atomic mass is 9.87. The lowest BCUT2D eigenvalue weighted by molar-refractivity contribution is 0.355. The molecule has 1 heterocycles. The molecular weight excluding hydrogens is 342 g/mol. The number of thioether (sulfide) groups is 1. The molecule has 2 N–H and O–H groups in total. The third-order valence-corrected chi connectivity index (χ3v) is 5.49. The summed E-state index contributed by atoms with van der Waals surface area (Å²) in [7, 11) is 0. The molecule has 1 aliphatic rings. The third kappa shape index (κ3) is 4.32. The first-order valence-electron chi connectivity index (χ1n) is 8.22. The van der Waals surface area contributed by atoms with E-state index in [2.05, 4.69) is 55.2 Å². The molecule has 4 nitrogen and oxygen atoms in total. The van der Waals surface area contributed by atoms with Crippen molar-refractivity contribution in [3.63, 3.8) is 0 Å². The molecule has 2 aromatic rings. The maximum Gasteiger partial charge on any atom is 0.237 e. The van der Waals surface area contributed by atoms with E-state index in [0.717, 1.165) is 25.7 Å². The zero-order valence-electron chi connectivity index (χ0n) is 14.5. The summed E-state index contributed by atoms with van der Waals surface area (Å²) in [4.78, 5) is 5.72. The second-order valence-corrected chi connectivity index (χ2v) is 8.49. The number of halogens is 1. The summed E-state index contributed by atoms with van der Waals surface area (Å²) in [5.41, 5.74) is 7.52. The highest BCUT2D eigenvalue weighted by Crippen LogP contribution is 2.35. The summed E-state index contributed by atoms with van der Waals surface area (Å²) in [6.45, 7) is 6.67. The molecule has 1 aromatic heterocycles. The fourth-order valence-electron chi connectivity index (χ4n) is 2.94. The van der Waals surface area contributed by atoms with Gasteiger partial charge in [-0.25, -0.2) is 0 Å². The first-order valence-corrected chi connectivity index (χ1v) is 9.21. The zero-order chi connectivity index (χ0) is 16.5. The van der Waals surface area contributed by atoms with Gasteiger partial charge in [0.1, 0.15) is 0 Å². The smallest absolute Gasteiger partial charge is 0.237 e. The molecule has 1 saturated carbocycles. The van der Waals surface area contributed by atoms with E-state index in [1.807, 2.05) is 0 Å². The summed E-state index contributed by atoms with van der Waals surface area (Å²) >= 11 is 1.71. The summed E-state index contributed by atoms with van der Waals surface area (Å²) < 4.78 is 5.38. The monoisotopic (exact) mass is 367 g/mol. The van der Waals surface area contributed by atoms with Crippen LogP contribution >= 0.6 is 24.2 Å². The van der Waals surface area contributed by atoms with Gasteiger partial charge in [0, 0.05) is 4.90 Å². The number of benzene rings is 1. The van der Waals surface area contributed by atoms with Crippen LogP contribution in [0.4, 0.5) is 0 Å². The largest absolute Gasteiger partial charge is 0.338 e. The fraction of sp³-hybridized carbons (Fsp3) is 0.556. The summed E-state index contributed by atoms with van der Waals surface area (Å²) in [6.07, 6.45) is 4.20. The average Bonchev–Trinajstić information content (AvgIpc) is 3.14. The van der Waals surface area contributed by atoms with Crippen molar-refractivity contribution in [2.75, 3.05) is 0 Å². The minimum absolute atomic E-state index is 0. The van der Waals surface area contributed by atoms with E-state index in [1.165, 1.54) is 10.5 Å². The highest BCUT2D eigenvalue weighted by atomic mass is 35.5. The maximum absolute atomic E-state index is 6.37. The van der Waals surface area contributed by atoms with Gasteiger partial charge in [0.15, 0.2) is 5.82 Å². The Balaban J connectivity index is 0.00000208. The Kier molecular flexibility index (Phi) is 6.00. The normalized spacial score (nSPS) is 16.8. The lowest BCUT2D eigenvalue weighted by Crippen LogP contribution is -2.34. The topological polar surface area (TPSA) is 64.9 Å². The van der Waals surface area contributed by atoms with E-state index >= 15 is 0 Å². The quantitative estimate of drug-likeness (QED) is 0.785. The van der Waals surface area contributed by atoms with Crippen LogP contribution in [0, 0.1) is 0 Å². The molecule has 1 aromatic carbocycles. The zero-order valence-corrected chi connectivity index (χ0v) is 16.2. The van der Waals surface area contributed by atoms with Crippen LogP contribution in [0.15, 0.2) is 33.7 Å². The highest BCUT2D eigenvalue weighted by Gasteiger charge is 2.35. The van der Waals surface area contributed by atoms with Gasteiger partial charge in [0.25, 0.3) is 0 Å². The molecule has 0 radical (unpaired) electrons. The maximum atomic E-state index is 6.37. The molecular formula is C18H26ClN3OS. The minimum Gasteiger partial charge on any atom is -0.338 e. The number of nitrogens with two attached hydrogens (primary N) is 1. The Labute approximate surface area is 154 Å². The third-order valence-electron chi connectivity index (χ3n) is 4.49. The van der Waals surface area contributed by atoms with Crippen molar-refractivity contribution in [2.45, 2.75) is 68.1 Å². The molecule has 6 heteroatoms. The number of rotatable bonds is 4. The molecule has 0 unspecified atom stereocenters. The van der Waals surface area contributed by atoms with Gasteiger partial charge in [0.2, 0.25) is 5.89 Å². The van der Waals surface area contributed by atoms with Crippen molar-refractivity contribution < 1.29 is 4.52 Å². The highest BCUT2D eigenvalue weighted by molar-refractivity contribution is 7.98. The van der Waals surface area contributed by atoms with E-state index in [9.17, 15) is 0 Å². The Morgan fingerprint density at radius 1 is 1.17 bits per heavy atom. The Morgan fingerprint density at radius 3 is 2.38 bits per heavy atom. The number of aromatic nitrogens is 2. The number of hydrogen-bond acceptors (Lipinski definition) is 5. The summed E-state index contributed by atoms with van der Waals surface area (Å²) in [6, 6.07) is 8.69. The molecule has 3 rings (SSSR count). The first-order chi connectivity index (χ1) is 10.9. The average molecular weight is 368 g/mol. The van der Waals surface area contributed by atoms with Gasteiger partial charge in [0.05, 0.1) is 11.3 Å². The predicted octanol–water partition coefficient (Wildman–Crippen LogP) is 4.81. The minimum atomic E-state index is -0.374. The standard InChI is InChI=1S/C18H25N3OS.ClH/c1-17(2,3)13-6-8-14(9-7-13)23-12-15-20-16(21-22-15)18(19)10-4-5-11-18;/h6-9H,4-5,10-12,19H2,1-3H3;1H. The van der Waals surface area contributed by atoms with Crippen LogP contribution in [-0.2, 0) is 16.7 Å². The summed E-state index contributed by atoms with van der Waals surface area (Å²) in [5.74, 6) is 2.01. The molecule has 0 aliphatic heterocycles. The van der Waals surface area contributed by atoms with Crippen molar-refractivity contribution in [1.29, 1.82) is 0 Å². The molecule has 1 fully saturated rings. The predicted molar refractivity (Wildman–Crippen MR) is 101 cm³/mol. The van der Waals surface area contributed by atoms with Crippen LogP contribution in [0.3, 0.4) is 0 Å². The second-order valence-electron chi connectivity index (χ2n) is 7.44. The van der Waals surface area contributed by atoms with Crippen LogP contribution in [-0.4, -0.2) is 10.1 Å². The van der Waals surface area contributed by atoms with E-state index in [-0.39, 0.29) is 23.4 Å². The molecule has 0 amide bonds. The van der Waals surface area contributed by atoms with Gasteiger partial charge in [-0.15, -0.1) is 24.2 Å². The Bertz CT molecular complexity index is 658. The van der Waals surface area contributed by atoms with Crippen molar-refractivity contribution in [2.24, 2.45) is 5.73 Å². The molecule has 132 valence electrons. The number of hydrogen-bond donors (Lipinski definition) is 1. The van der Waals surface area contributed by atoms with Crippen molar-refractivity contribution in [3.05, 3.63) is 41.5 Å². The second kappa shape index (κ2) is 7.46. The van der Waals surface area contributed by atoms with Crippen LogP contribution in [0.1, 0.15) is 63.7 Å². The van der Waals surface area contributed by atoms with Gasteiger partial charge in [-0.2, -0.15) is 4.98 Å². The summed E-state index contributed by atoms with van der Waals surface area (Å²) in [5, 5.41) is 4.10. The fourth-order valence-corrected chi connectivity index (χ4v) is 3.68. The van der Waals surface area contributed by atoms with Gasteiger partial charge >= 0.3 is 0 Å². The van der Waals surface area contributed by atoms with Crippen molar-refractivity contribution >= 4 is 24.2 Å². The van der Waals surface area contributed by atoms with E-state index in [4.69, 9.17) is 10.3 Å². The molecule has 0 bridgehead atoms. The van der Waals surface area contributed by atoms with Gasteiger partial charge in [-0.05, 0) is 36.0 Å². The molecule has 24 heavy (non-hydrogen) atoms. The number of nitrogens with zero attached hydrogens (tertiary/aromatic N) is 2. The van der Waals surface area contributed by atoms with Crippen molar-refractivity contribution in [1.82, 2.24) is 10.1 Å². The van der Waals surface area contributed by atoms with E-state index in [1.54, 1.807) is 11.8 Å². The SMILES string of the molecule is CC(C)(C)c1ccc(SCc2nc(C3(N)CCCC3)no2)cc1.Cl.